The van der Waals surface area contributed by atoms with Crippen molar-refractivity contribution >= 4 is 33.2 Å². The molecule has 4 aromatic heterocycles. The van der Waals surface area contributed by atoms with Crippen LogP contribution in [0.1, 0.15) is 95.4 Å². The molecule has 2 aliphatic rings. The van der Waals surface area contributed by atoms with Crippen LogP contribution in [-0.4, -0.2) is 58.3 Å². The second kappa shape index (κ2) is 15.8. The molecule has 7 heteroatoms. The maximum Gasteiger partial charge on any atom is 0.0989 e. The fourth-order valence-corrected chi connectivity index (χ4v) is 10.5. The van der Waals surface area contributed by atoms with E-state index in [0.29, 0.717) is 12.1 Å². The van der Waals surface area contributed by atoms with Crippen LogP contribution in [0, 0.1) is 55.4 Å². The molecule has 2 aromatic carbocycles. The molecule has 57 heavy (non-hydrogen) atoms. The van der Waals surface area contributed by atoms with Crippen molar-refractivity contribution in [3.8, 4) is 22.5 Å². The molecule has 6 heterocycles. The Hall–Kier alpha value is -4.88. The lowest BCUT2D eigenvalue weighted by atomic mass is 9.95. The highest BCUT2D eigenvalue weighted by molar-refractivity contribution is 6.03. The number of rotatable bonds is 12. The zero-order valence-corrected chi connectivity index (χ0v) is 35.9. The fraction of sp³-hybridized carbons (Fsp3) is 0.440. The maximum absolute atomic E-state index is 6.54. The highest BCUT2D eigenvalue weighted by Gasteiger charge is 2.32. The summed E-state index contributed by atoms with van der Waals surface area (Å²) in [6.07, 6.45) is 10.2. The molecule has 2 unspecified atom stereocenters. The van der Waals surface area contributed by atoms with Crippen LogP contribution in [0.2, 0.25) is 0 Å². The molecule has 0 aliphatic carbocycles. The van der Waals surface area contributed by atoms with Crippen LogP contribution in [0.25, 0.3) is 44.3 Å². The Kier molecular flexibility index (Phi) is 10.8. The molecule has 0 saturated heterocycles. The summed E-state index contributed by atoms with van der Waals surface area (Å²) in [5.41, 5.74) is 21.8. The molecule has 8 rings (SSSR count). The van der Waals surface area contributed by atoms with Crippen LogP contribution in [0.5, 0.6) is 0 Å². The van der Waals surface area contributed by atoms with E-state index in [-0.39, 0.29) is 0 Å². The second-order valence-corrected chi connectivity index (χ2v) is 16.9. The van der Waals surface area contributed by atoms with E-state index in [1.807, 2.05) is 12.4 Å². The third kappa shape index (κ3) is 6.96. The van der Waals surface area contributed by atoms with Gasteiger partial charge in [-0.1, -0.05) is 49.2 Å². The van der Waals surface area contributed by atoms with Crippen LogP contribution >= 0.6 is 0 Å². The van der Waals surface area contributed by atoms with Crippen molar-refractivity contribution in [3.63, 3.8) is 0 Å². The molecule has 296 valence electrons. The lowest BCUT2D eigenvalue weighted by Gasteiger charge is -2.32. The molecule has 0 radical (unpaired) electrons. The molecule has 0 bridgehead atoms. The van der Waals surface area contributed by atoms with Gasteiger partial charge in [0.15, 0.2) is 0 Å². The van der Waals surface area contributed by atoms with Gasteiger partial charge in [0.1, 0.15) is 0 Å². The SMILES string of the molecule is CCC(CCOCCC(CC)N1CCc2c(C)nc3c(-c4c(C)cc(C)cc4C)nccc3c21)N1CCc2c(C)nc3c(-c4c(C)cc(C)cc4C)nccc3c21. The third-order valence-electron chi connectivity index (χ3n) is 13.0. The summed E-state index contributed by atoms with van der Waals surface area (Å²) in [6.45, 7) is 25.7. The van der Waals surface area contributed by atoms with E-state index in [1.54, 1.807) is 0 Å². The fourth-order valence-electron chi connectivity index (χ4n) is 10.5. The highest BCUT2D eigenvalue weighted by atomic mass is 16.5. The molecular weight excluding hydrogens is 701 g/mol. The summed E-state index contributed by atoms with van der Waals surface area (Å²) < 4.78 is 6.54. The van der Waals surface area contributed by atoms with Gasteiger partial charge in [-0.15, -0.1) is 0 Å². The molecule has 0 N–H and O–H groups in total. The molecule has 0 spiro atoms. The van der Waals surface area contributed by atoms with Crippen molar-refractivity contribution in [3.05, 3.63) is 105 Å². The van der Waals surface area contributed by atoms with Gasteiger partial charge < -0.3 is 14.5 Å². The summed E-state index contributed by atoms with van der Waals surface area (Å²) in [5, 5.41) is 2.44. The first-order chi connectivity index (χ1) is 27.5. The van der Waals surface area contributed by atoms with Crippen molar-refractivity contribution in [1.82, 2.24) is 19.9 Å². The standard InChI is InChI=1S/C50H60N6O/c1-11-37(55-21-15-39-35(9)53-45-41(49(39)55)13-19-51-47(45)43-31(5)25-29(3)26-32(43)6)17-23-57-24-18-38(12-2)56-22-16-40-36(10)54-46-42(50(40)56)14-20-52-48(46)44-33(7)27-30(4)28-34(44)8/h13-14,19-20,25-28,37-38H,11-12,15-18,21-24H2,1-10H3. The maximum atomic E-state index is 6.54. The van der Waals surface area contributed by atoms with Crippen molar-refractivity contribution in [2.24, 2.45) is 0 Å². The van der Waals surface area contributed by atoms with E-state index in [9.17, 15) is 0 Å². The van der Waals surface area contributed by atoms with E-state index in [0.717, 1.165) is 98.6 Å². The van der Waals surface area contributed by atoms with Crippen molar-refractivity contribution in [2.45, 2.75) is 120 Å². The first kappa shape index (κ1) is 39.0. The minimum absolute atomic E-state index is 0.397. The highest BCUT2D eigenvalue weighted by Crippen LogP contribution is 2.44. The van der Waals surface area contributed by atoms with Crippen LogP contribution in [0.15, 0.2) is 48.8 Å². The number of nitrogens with zero attached hydrogens (tertiary/aromatic N) is 6. The first-order valence-corrected chi connectivity index (χ1v) is 21.3. The Labute approximate surface area is 339 Å². The van der Waals surface area contributed by atoms with Gasteiger partial charge in [0.05, 0.1) is 33.8 Å². The summed E-state index contributed by atoms with van der Waals surface area (Å²) >= 11 is 0. The molecule has 0 fully saturated rings. The molecule has 0 amide bonds. The van der Waals surface area contributed by atoms with Crippen molar-refractivity contribution in [2.75, 3.05) is 36.1 Å². The first-order valence-electron chi connectivity index (χ1n) is 21.3. The number of hydrogen-bond donors (Lipinski definition) is 0. The largest absolute Gasteiger partial charge is 0.381 e. The average molecular weight is 761 g/mol. The number of fused-ring (bicyclic) bond motifs is 6. The van der Waals surface area contributed by atoms with Gasteiger partial charge in [0, 0.05) is 84.1 Å². The number of pyridine rings is 4. The van der Waals surface area contributed by atoms with Crippen LogP contribution in [0.3, 0.4) is 0 Å². The minimum atomic E-state index is 0.397. The smallest absolute Gasteiger partial charge is 0.0989 e. The lowest BCUT2D eigenvalue weighted by molar-refractivity contribution is 0.118. The number of hydrogen-bond acceptors (Lipinski definition) is 7. The van der Waals surface area contributed by atoms with Gasteiger partial charge in [-0.05, 0) is 139 Å². The Morgan fingerprint density at radius 1 is 0.579 bits per heavy atom. The van der Waals surface area contributed by atoms with E-state index < -0.39 is 0 Å². The zero-order valence-electron chi connectivity index (χ0n) is 35.9. The van der Waals surface area contributed by atoms with Gasteiger partial charge in [0.2, 0.25) is 0 Å². The van der Waals surface area contributed by atoms with Gasteiger partial charge >= 0.3 is 0 Å². The molecule has 7 nitrogen and oxygen atoms in total. The van der Waals surface area contributed by atoms with Crippen LogP contribution in [-0.2, 0) is 17.6 Å². The predicted molar refractivity (Wildman–Crippen MR) is 238 cm³/mol. The average Bonchev–Trinajstić information content (AvgIpc) is 3.82. The van der Waals surface area contributed by atoms with Crippen LogP contribution in [0.4, 0.5) is 11.4 Å². The number of benzene rings is 2. The normalized spacial score (nSPS) is 14.8. The van der Waals surface area contributed by atoms with E-state index >= 15 is 0 Å². The Bertz CT molecular complexity index is 2290. The monoisotopic (exact) mass is 760 g/mol. The third-order valence-corrected chi connectivity index (χ3v) is 13.0. The Morgan fingerprint density at radius 3 is 1.33 bits per heavy atom. The molecule has 2 aliphatic heterocycles. The summed E-state index contributed by atoms with van der Waals surface area (Å²) in [4.78, 5) is 25.7. The van der Waals surface area contributed by atoms with Gasteiger partial charge in [-0.2, -0.15) is 0 Å². The topological polar surface area (TPSA) is 67.3 Å². The summed E-state index contributed by atoms with van der Waals surface area (Å²) in [5.74, 6) is 0. The molecule has 6 aromatic rings. The van der Waals surface area contributed by atoms with Gasteiger partial charge in [-0.25, -0.2) is 0 Å². The van der Waals surface area contributed by atoms with E-state index in [2.05, 4.69) is 115 Å². The molecule has 0 saturated carbocycles. The number of aromatic nitrogens is 4. The number of ether oxygens (including phenoxy) is 1. The molecular formula is C50H60N6O. The second-order valence-electron chi connectivity index (χ2n) is 16.9. The van der Waals surface area contributed by atoms with Crippen molar-refractivity contribution < 1.29 is 4.74 Å². The molecule has 2 atom stereocenters. The number of anilines is 2. The Morgan fingerprint density at radius 2 is 0.965 bits per heavy atom. The van der Waals surface area contributed by atoms with E-state index in [4.69, 9.17) is 24.7 Å². The minimum Gasteiger partial charge on any atom is -0.381 e. The predicted octanol–water partition coefficient (Wildman–Crippen LogP) is 11.2. The van der Waals surface area contributed by atoms with Crippen molar-refractivity contribution in [1.29, 1.82) is 0 Å². The van der Waals surface area contributed by atoms with Gasteiger partial charge in [0.25, 0.3) is 0 Å². The number of aryl methyl sites for hydroxylation is 8. The summed E-state index contributed by atoms with van der Waals surface area (Å²) in [6, 6.07) is 14.2. The zero-order chi connectivity index (χ0) is 40.1. The lowest BCUT2D eigenvalue weighted by Crippen LogP contribution is -2.35. The quantitative estimate of drug-likeness (QED) is 0.115. The van der Waals surface area contributed by atoms with Gasteiger partial charge in [-0.3, -0.25) is 19.9 Å². The van der Waals surface area contributed by atoms with E-state index in [1.165, 1.54) is 77.8 Å². The summed E-state index contributed by atoms with van der Waals surface area (Å²) in [7, 11) is 0. The Balaban J connectivity index is 0.985. The van der Waals surface area contributed by atoms with Crippen LogP contribution < -0.4 is 9.80 Å².